The highest BCUT2D eigenvalue weighted by Gasteiger charge is 2.43. The maximum absolute atomic E-state index is 13.7. The van der Waals surface area contributed by atoms with Crippen LogP contribution in [0.15, 0.2) is 66.9 Å². The molecule has 2 aromatic carbocycles. The summed E-state index contributed by atoms with van der Waals surface area (Å²) in [5.41, 5.74) is 2.47. The van der Waals surface area contributed by atoms with Crippen molar-refractivity contribution in [1.82, 2.24) is 24.8 Å². The van der Waals surface area contributed by atoms with E-state index in [0.29, 0.717) is 60.7 Å². The Bertz CT molecular complexity index is 1470. The molecule has 206 valence electrons. The Morgan fingerprint density at radius 2 is 1.75 bits per heavy atom. The Labute approximate surface area is 230 Å². The van der Waals surface area contributed by atoms with Crippen molar-refractivity contribution in [2.24, 2.45) is 5.41 Å². The van der Waals surface area contributed by atoms with Crippen molar-refractivity contribution in [3.63, 3.8) is 0 Å². The van der Waals surface area contributed by atoms with Gasteiger partial charge in [0.25, 0.3) is 0 Å². The number of carbonyl (C=O) groups is 1. The quantitative estimate of drug-likeness (QED) is 0.369. The van der Waals surface area contributed by atoms with Gasteiger partial charge >= 0.3 is 0 Å². The maximum atomic E-state index is 13.7. The Morgan fingerprint density at radius 1 is 1.02 bits per heavy atom. The SMILES string of the molecule is CC1(C(=O)N2CCOCC2)COC(c2nc(-c3ccc(F)cc3)c(-c3ccnc(Nc4ccccc4)n3)[nH]2)OC1. The number of anilines is 2. The van der Waals surface area contributed by atoms with Crippen molar-refractivity contribution < 1.29 is 23.4 Å². The highest BCUT2D eigenvalue weighted by molar-refractivity contribution is 5.83. The highest BCUT2D eigenvalue weighted by Crippen LogP contribution is 2.36. The molecule has 0 atom stereocenters. The van der Waals surface area contributed by atoms with E-state index in [0.717, 1.165) is 5.69 Å². The van der Waals surface area contributed by atoms with E-state index in [-0.39, 0.29) is 24.9 Å². The molecule has 11 heteroatoms. The van der Waals surface area contributed by atoms with E-state index in [1.54, 1.807) is 29.3 Å². The number of hydrogen-bond donors (Lipinski definition) is 2. The maximum Gasteiger partial charge on any atom is 0.233 e. The summed E-state index contributed by atoms with van der Waals surface area (Å²) in [6.07, 6.45) is 0.834. The van der Waals surface area contributed by atoms with Gasteiger partial charge in [-0.15, -0.1) is 0 Å². The molecule has 2 aliphatic heterocycles. The number of morpholine rings is 1. The largest absolute Gasteiger partial charge is 0.378 e. The molecule has 4 aromatic rings. The number of aromatic nitrogens is 4. The van der Waals surface area contributed by atoms with Crippen LogP contribution < -0.4 is 5.32 Å². The second-order valence-electron chi connectivity index (χ2n) is 10.0. The molecule has 2 aromatic heterocycles. The normalized spacial score (nSPS) is 21.2. The Morgan fingerprint density at radius 3 is 2.48 bits per heavy atom. The number of amides is 1. The molecule has 10 nitrogen and oxygen atoms in total. The van der Waals surface area contributed by atoms with Gasteiger partial charge in [0, 0.05) is 30.5 Å². The van der Waals surface area contributed by atoms with Crippen LogP contribution in [0.25, 0.3) is 22.6 Å². The number of H-pyrrole nitrogens is 1. The summed E-state index contributed by atoms with van der Waals surface area (Å²) in [5, 5.41) is 3.20. The van der Waals surface area contributed by atoms with Crippen LogP contribution >= 0.6 is 0 Å². The predicted molar refractivity (Wildman–Crippen MR) is 145 cm³/mol. The summed E-state index contributed by atoms with van der Waals surface area (Å²) in [5.74, 6) is 0.472. The van der Waals surface area contributed by atoms with E-state index < -0.39 is 11.7 Å². The van der Waals surface area contributed by atoms with E-state index in [1.807, 2.05) is 37.3 Å². The molecule has 1 amide bonds. The number of rotatable bonds is 6. The third-order valence-corrected chi connectivity index (χ3v) is 6.93. The molecule has 0 radical (unpaired) electrons. The van der Waals surface area contributed by atoms with E-state index in [9.17, 15) is 9.18 Å². The van der Waals surface area contributed by atoms with E-state index >= 15 is 0 Å². The number of para-hydroxylation sites is 1. The first-order chi connectivity index (χ1) is 19.5. The molecular weight excluding hydrogens is 515 g/mol. The molecule has 2 aliphatic rings. The first-order valence-corrected chi connectivity index (χ1v) is 13.1. The number of imidazole rings is 1. The van der Waals surface area contributed by atoms with Crippen LogP contribution in [0.2, 0.25) is 0 Å². The van der Waals surface area contributed by atoms with Gasteiger partial charge in [0.1, 0.15) is 5.82 Å². The molecule has 40 heavy (non-hydrogen) atoms. The average Bonchev–Trinajstić information content (AvgIpc) is 3.44. The lowest BCUT2D eigenvalue weighted by Crippen LogP contribution is -2.53. The van der Waals surface area contributed by atoms with Gasteiger partial charge in [-0.25, -0.2) is 19.3 Å². The number of ether oxygens (including phenoxy) is 3. The van der Waals surface area contributed by atoms with Gasteiger partial charge in [0.15, 0.2) is 5.82 Å². The lowest BCUT2D eigenvalue weighted by molar-refractivity contribution is -0.235. The second-order valence-corrected chi connectivity index (χ2v) is 10.0. The van der Waals surface area contributed by atoms with Crippen LogP contribution in [0.1, 0.15) is 19.0 Å². The minimum atomic E-state index is -0.817. The van der Waals surface area contributed by atoms with Gasteiger partial charge in [-0.3, -0.25) is 4.79 Å². The second kappa shape index (κ2) is 11.1. The van der Waals surface area contributed by atoms with Crippen molar-refractivity contribution in [2.75, 3.05) is 44.8 Å². The standard InChI is InChI=1S/C29H29FN6O4/c1-29(27(37)36-13-15-38-16-14-36)17-39-26(40-18-29)25-34-23(19-7-9-20(30)10-8-19)24(35-25)22-11-12-31-28(33-22)32-21-5-3-2-4-6-21/h2-12,26H,13-18H2,1H3,(H,34,35)(H,31,32,33). The van der Waals surface area contributed by atoms with Gasteiger partial charge < -0.3 is 29.4 Å². The van der Waals surface area contributed by atoms with Crippen LogP contribution in [0.5, 0.6) is 0 Å². The first-order valence-electron chi connectivity index (χ1n) is 13.1. The molecule has 2 N–H and O–H groups in total. The van der Waals surface area contributed by atoms with E-state index in [2.05, 4.69) is 20.3 Å². The summed E-state index contributed by atoms with van der Waals surface area (Å²) in [6.45, 7) is 4.36. The summed E-state index contributed by atoms with van der Waals surface area (Å²) in [6, 6.07) is 17.5. The lowest BCUT2D eigenvalue weighted by atomic mass is 9.90. The zero-order valence-corrected chi connectivity index (χ0v) is 22.0. The van der Waals surface area contributed by atoms with Gasteiger partial charge in [0.2, 0.25) is 18.1 Å². The van der Waals surface area contributed by atoms with Crippen LogP contribution in [-0.2, 0) is 19.0 Å². The van der Waals surface area contributed by atoms with Crippen LogP contribution in [-0.4, -0.2) is 70.3 Å². The number of hydrogen-bond acceptors (Lipinski definition) is 8. The number of aromatic amines is 1. The average molecular weight is 545 g/mol. The van der Waals surface area contributed by atoms with Gasteiger partial charge in [0.05, 0.1) is 48.9 Å². The number of nitrogens with one attached hydrogen (secondary N) is 2. The first kappa shape index (κ1) is 26.1. The topological polar surface area (TPSA) is 114 Å². The molecule has 0 saturated carbocycles. The summed E-state index contributed by atoms with van der Waals surface area (Å²) in [7, 11) is 0. The van der Waals surface area contributed by atoms with Gasteiger partial charge in [-0.1, -0.05) is 18.2 Å². The van der Waals surface area contributed by atoms with E-state index in [4.69, 9.17) is 19.2 Å². The summed E-state index contributed by atoms with van der Waals surface area (Å²) < 4.78 is 31.2. The van der Waals surface area contributed by atoms with Crippen LogP contribution in [0.4, 0.5) is 16.0 Å². The lowest BCUT2D eigenvalue weighted by Gasteiger charge is -2.39. The molecule has 2 fully saturated rings. The molecule has 6 rings (SSSR count). The fourth-order valence-electron chi connectivity index (χ4n) is 4.75. The van der Waals surface area contributed by atoms with Crippen LogP contribution in [0, 0.1) is 11.2 Å². The monoisotopic (exact) mass is 544 g/mol. The third-order valence-electron chi connectivity index (χ3n) is 6.93. The predicted octanol–water partition coefficient (Wildman–Crippen LogP) is 4.33. The zero-order valence-electron chi connectivity index (χ0n) is 22.0. The Hall–Kier alpha value is -4.19. The number of carbonyl (C=O) groups excluding carboxylic acids is 1. The number of halogens is 1. The molecule has 0 unspecified atom stereocenters. The van der Waals surface area contributed by atoms with Crippen molar-refractivity contribution in [1.29, 1.82) is 0 Å². The van der Waals surface area contributed by atoms with Crippen molar-refractivity contribution in [2.45, 2.75) is 13.2 Å². The molecule has 0 aliphatic carbocycles. The van der Waals surface area contributed by atoms with E-state index in [1.165, 1.54) is 12.1 Å². The number of benzene rings is 2. The van der Waals surface area contributed by atoms with Gasteiger partial charge in [-0.2, -0.15) is 0 Å². The smallest absolute Gasteiger partial charge is 0.233 e. The number of nitrogens with zero attached hydrogens (tertiary/aromatic N) is 4. The third kappa shape index (κ3) is 5.44. The fraction of sp³-hybridized carbons (Fsp3) is 0.310. The van der Waals surface area contributed by atoms with Crippen LogP contribution in [0.3, 0.4) is 0 Å². The fourth-order valence-corrected chi connectivity index (χ4v) is 4.75. The summed E-state index contributed by atoms with van der Waals surface area (Å²) in [4.78, 5) is 32.1. The van der Waals surface area contributed by atoms with Crippen molar-refractivity contribution >= 4 is 17.5 Å². The Balaban J connectivity index is 1.27. The molecular formula is C29H29FN6O4. The Kier molecular flexibility index (Phi) is 7.25. The minimum absolute atomic E-state index is 0.0131. The minimum Gasteiger partial charge on any atom is -0.378 e. The molecule has 4 heterocycles. The van der Waals surface area contributed by atoms with Crippen molar-refractivity contribution in [3.8, 4) is 22.6 Å². The molecule has 2 saturated heterocycles. The highest BCUT2D eigenvalue weighted by atomic mass is 19.1. The molecule has 0 spiro atoms. The molecule has 0 bridgehead atoms. The van der Waals surface area contributed by atoms with Gasteiger partial charge in [-0.05, 0) is 49.4 Å². The van der Waals surface area contributed by atoms with Crippen molar-refractivity contribution in [3.05, 3.63) is 78.5 Å². The zero-order chi connectivity index (χ0) is 27.5. The summed E-state index contributed by atoms with van der Waals surface area (Å²) >= 11 is 0.